The summed E-state index contributed by atoms with van der Waals surface area (Å²) in [6.45, 7) is 4.36. The Balaban J connectivity index is 4.03. The van der Waals surface area contributed by atoms with Crippen molar-refractivity contribution in [2.45, 2.75) is 148 Å². The number of nitrogens with one attached hydrogen (secondary N) is 1. The average Bonchev–Trinajstić information content (AvgIpc) is 2.86. The lowest BCUT2D eigenvalue weighted by molar-refractivity contribution is -0.122. The molecule has 222 valence electrons. The van der Waals surface area contributed by atoms with E-state index in [0.717, 1.165) is 51.4 Å². The summed E-state index contributed by atoms with van der Waals surface area (Å²) in [6, 6.07) is -1.07. The van der Waals surface area contributed by atoms with E-state index in [9.17, 15) is 22.9 Å². The molecule has 1 amide bonds. The molecule has 0 aliphatic rings. The molecule has 0 radical (unpaired) electrons. The van der Waals surface area contributed by atoms with E-state index >= 15 is 0 Å². The quantitative estimate of drug-likeness (QED) is 0.0573. The van der Waals surface area contributed by atoms with Crippen LogP contribution in [0.25, 0.3) is 0 Å². The number of carbonyl (C=O) groups excluding carboxylic acids is 1. The highest BCUT2D eigenvalue weighted by atomic mass is 32.2. The van der Waals surface area contributed by atoms with Crippen molar-refractivity contribution in [3.63, 3.8) is 0 Å². The van der Waals surface area contributed by atoms with Crippen LogP contribution >= 0.6 is 0 Å². The maximum atomic E-state index is 12.3. The van der Waals surface area contributed by atoms with E-state index in [0.29, 0.717) is 12.8 Å². The summed E-state index contributed by atoms with van der Waals surface area (Å²) in [5.74, 6) is -1.02. The Kier molecular flexibility index (Phi) is 24.8. The van der Waals surface area contributed by atoms with Gasteiger partial charge in [0, 0.05) is 6.42 Å². The Labute approximate surface area is 234 Å². The molecule has 7 heteroatoms. The smallest absolute Gasteiger partial charge is 0.267 e. The van der Waals surface area contributed by atoms with E-state index in [4.69, 9.17) is 0 Å². The third-order valence-electron chi connectivity index (χ3n) is 6.52. The lowest BCUT2D eigenvalue weighted by Crippen LogP contribution is -2.46. The van der Waals surface area contributed by atoms with Gasteiger partial charge in [-0.05, 0) is 51.4 Å². The molecule has 2 unspecified atom stereocenters. The van der Waals surface area contributed by atoms with Gasteiger partial charge in [-0.3, -0.25) is 9.35 Å². The Morgan fingerprint density at radius 2 is 1.18 bits per heavy atom. The average molecular weight is 556 g/mol. The van der Waals surface area contributed by atoms with Gasteiger partial charge in [-0.2, -0.15) is 8.42 Å². The number of carbonyl (C=O) groups is 1. The van der Waals surface area contributed by atoms with Crippen LogP contribution < -0.4 is 5.32 Å². The van der Waals surface area contributed by atoms with Crippen molar-refractivity contribution in [2.24, 2.45) is 0 Å². The highest BCUT2D eigenvalue weighted by molar-refractivity contribution is 7.85. The van der Waals surface area contributed by atoms with E-state index in [1.54, 1.807) is 6.08 Å². The third-order valence-corrected chi connectivity index (χ3v) is 7.30. The third kappa shape index (κ3) is 26.2. The monoisotopic (exact) mass is 555 g/mol. The molecule has 38 heavy (non-hydrogen) atoms. The number of unbranched alkanes of at least 4 members (excludes halogenated alkanes) is 14. The second-order valence-corrected chi connectivity index (χ2v) is 11.9. The van der Waals surface area contributed by atoms with Gasteiger partial charge < -0.3 is 10.4 Å². The fraction of sp³-hybridized carbons (Fsp3) is 0.774. The molecule has 3 N–H and O–H groups in total. The van der Waals surface area contributed by atoms with E-state index in [1.807, 2.05) is 0 Å². The number of aliphatic hydroxyl groups is 1. The Hall–Kier alpha value is -1.44. The summed E-state index contributed by atoms with van der Waals surface area (Å²) < 4.78 is 32.0. The number of amides is 1. The highest BCUT2D eigenvalue weighted by Crippen LogP contribution is 2.11. The van der Waals surface area contributed by atoms with Crippen molar-refractivity contribution in [3.8, 4) is 0 Å². The van der Waals surface area contributed by atoms with E-state index < -0.39 is 28.0 Å². The van der Waals surface area contributed by atoms with Gasteiger partial charge in [-0.15, -0.1) is 0 Å². The van der Waals surface area contributed by atoms with Crippen LogP contribution in [0, 0.1) is 0 Å². The first-order valence-corrected chi connectivity index (χ1v) is 16.8. The summed E-state index contributed by atoms with van der Waals surface area (Å²) in [5.41, 5.74) is 0. The molecule has 0 saturated carbocycles. The Bertz CT molecular complexity index is 745. The van der Waals surface area contributed by atoms with Crippen molar-refractivity contribution in [3.05, 3.63) is 36.5 Å². The zero-order valence-electron chi connectivity index (χ0n) is 24.3. The molecule has 0 heterocycles. The molecule has 0 fully saturated rings. The van der Waals surface area contributed by atoms with Crippen LogP contribution in [0.3, 0.4) is 0 Å². The fourth-order valence-electron chi connectivity index (χ4n) is 4.23. The number of rotatable bonds is 26. The van der Waals surface area contributed by atoms with Gasteiger partial charge in [-0.1, -0.05) is 115 Å². The molecule has 0 rings (SSSR count). The molecule has 0 saturated heterocycles. The van der Waals surface area contributed by atoms with E-state index in [-0.39, 0.29) is 12.3 Å². The maximum absolute atomic E-state index is 12.3. The van der Waals surface area contributed by atoms with Gasteiger partial charge in [0.05, 0.1) is 17.9 Å². The Morgan fingerprint density at radius 3 is 1.76 bits per heavy atom. The molecular weight excluding hydrogens is 498 g/mol. The zero-order chi connectivity index (χ0) is 28.3. The molecule has 0 spiro atoms. The van der Waals surface area contributed by atoms with Gasteiger partial charge >= 0.3 is 0 Å². The lowest BCUT2D eigenvalue weighted by atomic mass is 10.1. The number of allylic oxidation sites excluding steroid dienone is 5. The summed E-state index contributed by atoms with van der Waals surface area (Å²) in [7, 11) is -4.34. The minimum absolute atomic E-state index is 0.277. The van der Waals surface area contributed by atoms with Crippen molar-refractivity contribution in [1.29, 1.82) is 0 Å². The first kappa shape index (κ1) is 36.6. The van der Waals surface area contributed by atoms with E-state index in [2.05, 4.69) is 43.5 Å². The number of hydrogen-bond acceptors (Lipinski definition) is 4. The molecule has 0 aromatic rings. The van der Waals surface area contributed by atoms with Gasteiger partial charge in [0.15, 0.2) is 0 Å². The van der Waals surface area contributed by atoms with Gasteiger partial charge in [0.2, 0.25) is 5.91 Å². The first-order chi connectivity index (χ1) is 18.3. The van der Waals surface area contributed by atoms with Gasteiger partial charge in [-0.25, -0.2) is 0 Å². The molecule has 0 bridgehead atoms. The summed E-state index contributed by atoms with van der Waals surface area (Å²) in [5, 5.41) is 13.0. The molecule has 6 nitrogen and oxygen atoms in total. The van der Waals surface area contributed by atoms with Crippen LogP contribution in [0.1, 0.15) is 136 Å². The van der Waals surface area contributed by atoms with Crippen molar-refractivity contribution in [2.75, 3.05) is 5.75 Å². The van der Waals surface area contributed by atoms with Gasteiger partial charge in [0.25, 0.3) is 10.1 Å². The minimum Gasteiger partial charge on any atom is -0.387 e. The predicted molar refractivity (Wildman–Crippen MR) is 161 cm³/mol. The maximum Gasteiger partial charge on any atom is 0.267 e. The minimum atomic E-state index is -4.34. The van der Waals surface area contributed by atoms with Crippen LogP contribution in [0.2, 0.25) is 0 Å². The first-order valence-electron chi connectivity index (χ1n) is 15.2. The fourth-order valence-corrected chi connectivity index (χ4v) is 4.96. The van der Waals surface area contributed by atoms with Crippen LogP contribution in [-0.2, 0) is 14.9 Å². The number of aliphatic hydroxyl groups excluding tert-OH is 1. The van der Waals surface area contributed by atoms with Crippen LogP contribution in [0.15, 0.2) is 36.5 Å². The standard InChI is InChI=1S/C31H57NO5S/c1-3-5-7-9-11-12-13-14-15-16-17-18-19-21-23-25-27-31(34)32-29(28-38(35,36)37)30(33)26-24-22-20-10-8-6-4-2/h8,10,15-16,24,26,29-30,33H,3-7,9,11-14,17-23,25,27-28H2,1-2H3,(H,32,34)(H,35,36,37)/b10-8+,16-15-,26-24+. The molecular formula is C31H57NO5S. The van der Waals surface area contributed by atoms with Crippen molar-refractivity contribution in [1.82, 2.24) is 5.32 Å². The van der Waals surface area contributed by atoms with Crippen molar-refractivity contribution < 1.29 is 22.9 Å². The molecule has 0 aromatic carbocycles. The lowest BCUT2D eigenvalue weighted by Gasteiger charge is -2.21. The molecule has 0 aromatic heterocycles. The van der Waals surface area contributed by atoms with Gasteiger partial charge in [0.1, 0.15) is 0 Å². The molecule has 0 aliphatic carbocycles. The van der Waals surface area contributed by atoms with E-state index in [1.165, 1.54) is 57.4 Å². The predicted octanol–water partition coefficient (Wildman–Crippen LogP) is 7.84. The topological polar surface area (TPSA) is 104 Å². The number of hydrogen-bond donors (Lipinski definition) is 3. The largest absolute Gasteiger partial charge is 0.387 e. The summed E-state index contributed by atoms with van der Waals surface area (Å²) in [6.07, 6.45) is 31.5. The molecule has 0 aliphatic heterocycles. The Morgan fingerprint density at radius 1 is 0.684 bits per heavy atom. The second kappa shape index (κ2) is 25.8. The SMILES string of the molecule is CCC/C=C/CC/C=C/C(O)C(CS(=O)(=O)O)NC(=O)CCCCCCC/C=C\CCCCCCCCC. The normalized spacial score (nSPS) is 14.1. The second-order valence-electron chi connectivity index (χ2n) is 10.4. The molecule has 2 atom stereocenters. The van der Waals surface area contributed by atoms with Crippen LogP contribution in [0.4, 0.5) is 0 Å². The van der Waals surface area contributed by atoms with Crippen molar-refractivity contribution >= 4 is 16.0 Å². The highest BCUT2D eigenvalue weighted by Gasteiger charge is 2.24. The summed E-state index contributed by atoms with van der Waals surface area (Å²) in [4.78, 5) is 12.3. The summed E-state index contributed by atoms with van der Waals surface area (Å²) >= 11 is 0. The zero-order valence-corrected chi connectivity index (χ0v) is 25.1. The van der Waals surface area contributed by atoms with Crippen LogP contribution in [0.5, 0.6) is 0 Å². The van der Waals surface area contributed by atoms with Crippen LogP contribution in [-0.4, -0.2) is 41.9 Å².